The molecule has 0 nitrogen and oxygen atoms in total. The van der Waals surface area contributed by atoms with Crippen molar-refractivity contribution in [3.05, 3.63) is 102 Å². The van der Waals surface area contributed by atoms with Crippen LogP contribution in [0.2, 0.25) is 0 Å². The highest BCUT2D eigenvalue weighted by Crippen LogP contribution is 2.56. The molecule has 3 aromatic carbocycles. The van der Waals surface area contributed by atoms with E-state index in [4.69, 9.17) is 0 Å². The zero-order chi connectivity index (χ0) is 16.4. The summed E-state index contributed by atoms with van der Waals surface area (Å²) in [6, 6.07) is 30.3. The van der Waals surface area contributed by atoms with Crippen LogP contribution in [0.3, 0.4) is 0 Å². The molecule has 3 aromatic rings. The van der Waals surface area contributed by atoms with Crippen molar-refractivity contribution in [2.24, 2.45) is 0 Å². The molecule has 0 amide bonds. The van der Waals surface area contributed by atoms with Crippen LogP contribution in [0.5, 0.6) is 0 Å². The van der Waals surface area contributed by atoms with Crippen LogP contribution >= 0.6 is 23.5 Å². The van der Waals surface area contributed by atoms with E-state index < -0.39 is 0 Å². The first-order valence-corrected chi connectivity index (χ1v) is 10.1. The number of rotatable bonds is 4. The van der Waals surface area contributed by atoms with Crippen molar-refractivity contribution in [1.82, 2.24) is 0 Å². The Morgan fingerprint density at radius 1 is 0.708 bits per heavy atom. The third-order valence-corrected chi connectivity index (χ3v) is 6.39. The van der Waals surface area contributed by atoms with Crippen LogP contribution in [0.25, 0.3) is 10.5 Å². The zero-order valence-electron chi connectivity index (χ0n) is 13.5. The highest BCUT2D eigenvalue weighted by molar-refractivity contribution is 8.08. The minimum Gasteiger partial charge on any atom is -0.152 e. The van der Waals surface area contributed by atoms with Crippen LogP contribution in [-0.4, -0.2) is 6.26 Å². The Labute approximate surface area is 152 Å². The molecule has 1 atom stereocenters. The zero-order valence-corrected chi connectivity index (χ0v) is 15.1. The number of thioether (sulfide) groups is 2. The predicted molar refractivity (Wildman–Crippen MR) is 108 cm³/mol. The number of hydrogen-bond acceptors (Lipinski definition) is 2. The van der Waals surface area contributed by atoms with Gasteiger partial charge in [-0.25, -0.2) is 0 Å². The highest BCUT2D eigenvalue weighted by atomic mass is 32.2. The number of benzene rings is 3. The average Bonchev–Trinajstić information content (AvgIpc) is 2.97. The third-order valence-electron chi connectivity index (χ3n) is 4.28. The van der Waals surface area contributed by atoms with E-state index in [2.05, 4.69) is 91.2 Å². The van der Waals surface area contributed by atoms with Gasteiger partial charge in [0.05, 0.1) is 5.25 Å². The first kappa shape index (κ1) is 15.6. The van der Waals surface area contributed by atoms with Gasteiger partial charge in [-0.1, -0.05) is 84.6 Å². The van der Waals surface area contributed by atoms with E-state index in [0.29, 0.717) is 5.25 Å². The van der Waals surface area contributed by atoms with E-state index in [-0.39, 0.29) is 0 Å². The minimum atomic E-state index is 0.398. The molecule has 0 spiro atoms. The van der Waals surface area contributed by atoms with Crippen LogP contribution in [-0.2, 0) is 0 Å². The van der Waals surface area contributed by atoms with Gasteiger partial charge in [-0.15, -0.1) is 0 Å². The topological polar surface area (TPSA) is 0 Å². The molecule has 0 heterocycles. The van der Waals surface area contributed by atoms with Crippen molar-refractivity contribution in [1.29, 1.82) is 0 Å². The first-order valence-electron chi connectivity index (χ1n) is 8.03. The van der Waals surface area contributed by atoms with E-state index in [1.807, 2.05) is 23.5 Å². The quantitative estimate of drug-likeness (QED) is 0.511. The Balaban J connectivity index is 1.90. The molecule has 4 rings (SSSR count). The molecular formula is C22H18S2. The third kappa shape index (κ3) is 2.81. The smallest absolute Gasteiger partial charge is 0.0567 e. The molecule has 0 aliphatic heterocycles. The second-order valence-electron chi connectivity index (χ2n) is 5.73. The van der Waals surface area contributed by atoms with Crippen molar-refractivity contribution in [3.63, 3.8) is 0 Å². The minimum absolute atomic E-state index is 0.398. The van der Waals surface area contributed by atoms with E-state index in [1.54, 1.807) is 0 Å². The number of fused-ring (bicyclic) bond motifs is 1. The lowest BCUT2D eigenvalue weighted by Gasteiger charge is -2.15. The fraction of sp³-hybridized carbons (Fsp3) is 0.0909. The molecule has 1 aliphatic carbocycles. The van der Waals surface area contributed by atoms with Gasteiger partial charge in [0.25, 0.3) is 0 Å². The van der Waals surface area contributed by atoms with E-state index >= 15 is 0 Å². The molecule has 2 heteroatoms. The summed E-state index contributed by atoms with van der Waals surface area (Å²) < 4.78 is 0. The molecule has 0 bridgehead atoms. The van der Waals surface area contributed by atoms with Gasteiger partial charge in [0, 0.05) is 9.80 Å². The standard InChI is InChI=1S/C22H18S2/c1-23-21-18-14-8-9-15-19(18)22(24-17-12-6-3-7-13-17)20(21)16-10-4-2-5-11-16/h2-15,21H,1H3. The van der Waals surface area contributed by atoms with Crippen molar-refractivity contribution in [3.8, 4) is 0 Å². The molecule has 118 valence electrons. The lowest BCUT2D eigenvalue weighted by Crippen LogP contribution is -1.93. The Hall–Kier alpha value is -1.90. The second-order valence-corrected chi connectivity index (χ2v) is 7.75. The Kier molecular flexibility index (Phi) is 4.50. The summed E-state index contributed by atoms with van der Waals surface area (Å²) in [7, 11) is 0. The summed E-state index contributed by atoms with van der Waals surface area (Å²) in [6.07, 6.45) is 2.21. The van der Waals surface area contributed by atoms with Gasteiger partial charge in [0.1, 0.15) is 0 Å². The summed E-state index contributed by atoms with van der Waals surface area (Å²) >= 11 is 3.80. The van der Waals surface area contributed by atoms with Crippen LogP contribution in [0, 0.1) is 0 Å². The van der Waals surface area contributed by atoms with Crippen molar-refractivity contribution >= 4 is 34.0 Å². The molecular weight excluding hydrogens is 328 g/mol. The highest BCUT2D eigenvalue weighted by Gasteiger charge is 2.31. The molecule has 0 aromatic heterocycles. The summed E-state index contributed by atoms with van der Waals surface area (Å²) in [5.74, 6) is 0. The van der Waals surface area contributed by atoms with E-state index in [0.717, 1.165) is 0 Å². The second kappa shape index (κ2) is 6.92. The van der Waals surface area contributed by atoms with E-state index in [9.17, 15) is 0 Å². The molecule has 0 N–H and O–H groups in total. The molecule has 1 aliphatic rings. The maximum atomic E-state index is 2.28. The van der Waals surface area contributed by atoms with Gasteiger partial charge in [0.15, 0.2) is 0 Å². The van der Waals surface area contributed by atoms with Gasteiger partial charge in [-0.2, -0.15) is 11.8 Å². The van der Waals surface area contributed by atoms with Gasteiger partial charge in [-0.05, 0) is 40.7 Å². The summed E-state index contributed by atoms with van der Waals surface area (Å²) in [5, 5.41) is 0.398. The average molecular weight is 347 g/mol. The SMILES string of the molecule is CSC1C(c2ccccc2)=C(Sc2ccccc2)c2ccccc21. The molecule has 0 radical (unpaired) electrons. The first-order chi connectivity index (χ1) is 11.9. The lowest BCUT2D eigenvalue weighted by atomic mass is 10.0. The van der Waals surface area contributed by atoms with Crippen molar-refractivity contribution < 1.29 is 0 Å². The molecule has 0 fully saturated rings. The summed E-state index contributed by atoms with van der Waals surface area (Å²) in [4.78, 5) is 2.68. The normalized spacial score (nSPS) is 16.3. The Bertz CT molecular complexity index is 867. The molecule has 1 unspecified atom stereocenters. The fourth-order valence-electron chi connectivity index (χ4n) is 3.21. The van der Waals surface area contributed by atoms with Crippen LogP contribution in [0.1, 0.15) is 21.9 Å². The van der Waals surface area contributed by atoms with Gasteiger partial charge < -0.3 is 0 Å². The molecule has 24 heavy (non-hydrogen) atoms. The van der Waals surface area contributed by atoms with Gasteiger partial charge in [-0.3, -0.25) is 0 Å². The van der Waals surface area contributed by atoms with Crippen LogP contribution in [0.4, 0.5) is 0 Å². The molecule has 0 saturated carbocycles. The summed E-state index contributed by atoms with van der Waals surface area (Å²) in [6.45, 7) is 0. The Morgan fingerprint density at radius 2 is 1.33 bits per heavy atom. The van der Waals surface area contributed by atoms with Crippen LogP contribution < -0.4 is 0 Å². The number of hydrogen-bond donors (Lipinski definition) is 0. The lowest BCUT2D eigenvalue weighted by molar-refractivity contribution is 1.28. The largest absolute Gasteiger partial charge is 0.152 e. The maximum absolute atomic E-state index is 2.28. The predicted octanol–water partition coefficient (Wildman–Crippen LogP) is 6.76. The monoisotopic (exact) mass is 346 g/mol. The van der Waals surface area contributed by atoms with Gasteiger partial charge >= 0.3 is 0 Å². The van der Waals surface area contributed by atoms with E-state index in [1.165, 1.54) is 32.1 Å². The Morgan fingerprint density at radius 3 is 2.04 bits per heavy atom. The van der Waals surface area contributed by atoms with Crippen molar-refractivity contribution in [2.75, 3.05) is 6.26 Å². The van der Waals surface area contributed by atoms with Gasteiger partial charge in [0.2, 0.25) is 0 Å². The van der Waals surface area contributed by atoms with Crippen LogP contribution in [0.15, 0.2) is 89.8 Å². The van der Waals surface area contributed by atoms with Crippen molar-refractivity contribution in [2.45, 2.75) is 10.1 Å². The maximum Gasteiger partial charge on any atom is 0.0567 e. The summed E-state index contributed by atoms with van der Waals surface area (Å²) in [5.41, 5.74) is 5.58. The molecule has 0 saturated heterocycles. The fourth-order valence-corrected chi connectivity index (χ4v) is 5.41.